The summed E-state index contributed by atoms with van der Waals surface area (Å²) in [6.07, 6.45) is 1.33. The standard InChI is InChI=1S/C20H19N7O4/c1-29-15-8-11(17(28)31-3)13(9-16(15)30-2)25-19-22-10-23-20(26-19)27-14-7-5-4-6-12(14)24-18(27)21/h4-10H,1-3H3,(H2,21,24)(H,22,23,25,26). The number of methoxy groups -OCH3 is 3. The average Bonchev–Trinajstić information content (AvgIpc) is 3.14. The Bertz CT molecular complexity index is 1270. The predicted molar refractivity (Wildman–Crippen MR) is 113 cm³/mol. The van der Waals surface area contributed by atoms with Crippen molar-refractivity contribution >= 4 is 34.6 Å². The summed E-state index contributed by atoms with van der Waals surface area (Å²) in [7, 11) is 4.26. The van der Waals surface area contributed by atoms with Crippen molar-refractivity contribution in [1.29, 1.82) is 0 Å². The van der Waals surface area contributed by atoms with Gasteiger partial charge in [0.25, 0.3) is 0 Å². The number of benzene rings is 2. The summed E-state index contributed by atoms with van der Waals surface area (Å²) in [5.41, 5.74) is 8.12. The molecule has 2 heterocycles. The van der Waals surface area contributed by atoms with Crippen molar-refractivity contribution in [2.45, 2.75) is 0 Å². The van der Waals surface area contributed by atoms with Gasteiger partial charge < -0.3 is 25.3 Å². The Balaban J connectivity index is 1.77. The first-order valence-corrected chi connectivity index (χ1v) is 9.09. The van der Waals surface area contributed by atoms with Crippen LogP contribution in [0.3, 0.4) is 0 Å². The van der Waals surface area contributed by atoms with Crippen molar-refractivity contribution in [3.63, 3.8) is 0 Å². The van der Waals surface area contributed by atoms with E-state index in [0.29, 0.717) is 22.7 Å². The van der Waals surface area contributed by atoms with E-state index in [9.17, 15) is 4.79 Å². The number of nitrogens with zero attached hydrogens (tertiary/aromatic N) is 5. The van der Waals surface area contributed by atoms with Gasteiger partial charge in [-0.05, 0) is 12.1 Å². The molecule has 0 fully saturated rings. The number of carbonyl (C=O) groups is 1. The fourth-order valence-corrected chi connectivity index (χ4v) is 3.09. The van der Waals surface area contributed by atoms with Crippen LogP contribution in [0, 0.1) is 0 Å². The lowest BCUT2D eigenvalue weighted by Gasteiger charge is -2.14. The van der Waals surface area contributed by atoms with E-state index in [4.69, 9.17) is 19.9 Å². The van der Waals surface area contributed by atoms with Crippen LogP contribution in [0.5, 0.6) is 11.5 Å². The second-order valence-electron chi connectivity index (χ2n) is 6.27. The maximum absolute atomic E-state index is 12.3. The SMILES string of the molecule is COC(=O)c1cc(OC)c(OC)cc1Nc1ncnc(-n2c(N)nc3ccccc32)n1. The van der Waals surface area contributed by atoms with Crippen LogP contribution in [-0.4, -0.2) is 51.8 Å². The zero-order chi connectivity index (χ0) is 22.0. The third kappa shape index (κ3) is 3.64. The number of nitrogen functional groups attached to an aromatic ring is 1. The van der Waals surface area contributed by atoms with E-state index < -0.39 is 5.97 Å². The van der Waals surface area contributed by atoms with Crippen molar-refractivity contribution in [1.82, 2.24) is 24.5 Å². The molecule has 0 amide bonds. The van der Waals surface area contributed by atoms with Gasteiger partial charge in [-0.1, -0.05) is 12.1 Å². The lowest BCUT2D eigenvalue weighted by molar-refractivity contribution is 0.0601. The van der Waals surface area contributed by atoms with Gasteiger partial charge in [-0.25, -0.2) is 24.3 Å². The highest BCUT2D eigenvalue weighted by atomic mass is 16.5. The summed E-state index contributed by atoms with van der Waals surface area (Å²) < 4.78 is 17.1. The molecular weight excluding hydrogens is 402 g/mol. The zero-order valence-electron chi connectivity index (χ0n) is 17.0. The van der Waals surface area contributed by atoms with Crippen LogP contribution >= 0.6 is 0 Å². The number of nitrogens with two attached hydrogens (primary N) is 1. The molecule has 0 saturated carbocycles. The molecule has 31 heavy (non-hydrogen) atoms. The van der Waals surface area contributed by atoms with E-state index in [1.807, 2.05) is 24.3 Å². The van der Waals surface area contributed by atoms with Crippen molar-refractivity contribution in [3.05, 3.63) is 48.3 Å². The van der Waals surface area contributed by atoms with Crippen molar-refractivity contribution in [2.75, 3.05) is 32.4 Å². The molecule has 0 radical (unpaired) electrons. The van der Waals surface area contributed by atoms with Gasteiger partial charge >= 0.3 is 5.97 Å². The van der Waals surface area contributed by atoms with E-state index in [1.165, 1.54) is 33.7 Å². The monoisotopic (exact) mass is 421 g/mol. The summed E-state index contributed by atoms with van der Waals surface area (Å²) in [6.45, 7) is 0. The third-order valence-corrected chi connectivity index (χ3v) is 4.52. The second-order valence-corrected chi connectivity index (χ2v) is 6.27. The average molecular weight is 421 g/mol. The van der Waals surface area contributed by atoms with Crippen LogP contribution in [0.1, 0.15) is 10.4 Å². The number of fused-ring (bicyclic) bond motifs is 1. The summed E-state index contributed by atoms with van der Waals surface area (Å²) in [5, 5.41) is 3.01. The fraction of sp³-hybridized carbons (Fsp3) is 0.150. The Labute approximate surface area is 176 Å². The number of para-hydroxylation sites is 2. The van der Waals surface area contributed by atoms with Gasteiger partial charge in [-0.15, -0.1) is 0 Å². The van der Waals surface area contributed by atoms with Gasteiger partial charge in [0.15, 0.2) is 11.5 Å². The summed E-state index contributed by atoms with van der Waals surface area (Å²) in [5.74, 6) is 0.907. The molecule has 0 aliphatic rings. The summed E-state index contributed by atoms with van der Waals surface area (Å²) >= 11 is 0. The molecule has 4 rings (SSSR count). The van der Waals surface area contributed by atoms with Crippen molar-refractivity contribution in [3.8, 4) is 17.4 Å². The Morgan fingerprint density at radius 1 is 1.03 bits per heavy atom. The van der Waals surface area contributed by atoms with Gasteiger partial charge in [-0.3, -0.25) is 0 Å². The number of nitrogens with one attached hydrogen (secondary N) is 1. The van der Waals surface area contributed by atoms with Crippen molar-refractivity contribution < 1.29 is 19.0 Å². The lowest BCUT2D eigenvalue weighted by atomic mass is 10.1. The molecule has 0 bridgehead atoms. The number of imidazole rings is 1. The van der Waals surface area contributed by atoms with Crippen LogP contribution in [0.2, 0.25) is 0 Å². The van der Waals surface area contributed by atoms with E-state index >= 15 is 0 Å². The number of hydrogen-bond donors (Lipinski definition) is 2. The predicted octanol–water partition coefficient (Wildman–Crippen LogP) is 2.34. The Morgan fingerprint density at radius 2 is 1.77 bits per heavy atom. The number of esters is 1. The Hall–Kier alpha value is -4.41. The molecule has 0 saturated heterocycles. The lowest BCUT2D eigenvalue weighted by Crippen LogP contribution is -2.10. The van der Waals surface area contributed by atoms with Gasteiger partial charge in [0, 0.05) is 12.1 Å². The molecule has 11 heteroatoms. The number of rotatable bonds is 6. The zero-order valence-corrected chi connectivity index (χ0v) is 17.0. The molecule has 0 aliphatic carbocycles. The van der Waals surface area contributed by atoms with E-state index in [2.05, 4.69) is 25.3 Å². The highest BCUT2D eigenvalue weighted by Crippen LogP contribution is 2.34. The second kappa shape index (κ2) is 8.14. The maximum Gasteiger partial charge on any atom is 0.340 e. The minimum Gasteiger partial charge on any atom is -0.493 e. The molecule has 158 valence electrons. The van der Waals surface area contributed by atoms with Crippen molar-refractivity contribution in [2.24, 2.45) is 0 Å². The van der Waals surface area contributed by atoms with E-state index in [0.717, 1.165) is 5.52 Å². The first-order chi connectivity index (χ1) is 15.0. The maximum atomic E-state index is 12.3. The molecule has 0 spiro atoms. The highest BCUT2D eigenvalue weighted by Gasteiger charge is 2.19. The van der Waals surface area contributed by atoms with Gasteiger partial charge in [0.2, 0.25) is 17.8 Å². The van der Waals surface area contributed by atoms with Crippen LogP contribution in [-0.2, 0) is 4.74 Å². The third-order valence-electron chi connectivity index (χ3n) is 4.52. The number of aromatic nitrogens is 5. The molecule has 2 aromatic carbocycles. The normalized spacial score (nSPS) is 10.7. The highest BCUT2D eigenvalue weighted by molar-refractivity contribution is 5.97. The number of hydrogen-bond acceptors (Lipinski definition) is 10. The van der Waals surface area contributed by atoms with E-state index in [1.54, 1.807) is 10.6 Å². The Morgan fingerprint density at radius 3 is 2.52 bits per heavy atom. The first kappa shape index (κ1) is 19.9. The summed E-state index contributed by atoms with van der Waals surface area (Å²) in [6, 6.07) is 10.5. The molecule has 4 aromatic rings. The minimum absolute atomic E-state index is 0.180. The van der Waals surface area contributed by atoms with Crippen LogP contribution < -0.4 is 20.5 Å². The fourth-order valence-electron chi connectivity index (χ4n) is 3.09. The molecule has 0 aliphatic heterocycles. The Kier molecular flexibility index (Phi) is 5.22. The van der Waals surface area contributed by atoms with E-state index in [-0.39, 0.29) is 23.4 Å². The minimum atomic E-state index is -0.567. The van der Waals surface area contributed by atoms with Crippen LogP contribution in [0.4, 0.5) is 17.6 Å². The van der Waals surface area contributed by atoms with Gasteiger partial charge in [-0.2, -0.15) is 4.98 Å². The molecule has 3 N–H and O–H groups in total. The van der Waals surface area contributed by atoms with Gasteiger partial charge in [0.05, 0.1) is 43.6 Å². The summed E-state index contributed by atoms with van der Waals surface area (Å²) in [4.78, 5) is 29.4. The molecule has 2 aromatic heterocycles. The largest absolute Gasteiger partial charge is 0.493 e. The van der Waals surface area contributed by atoms with Crippen LogP contribution in [0.25, 0.3) is 17.0 Å². The molecule has 11 nitrogen and oxygen atoms in total. The quantitative estimate of drug-likeness (QED) is 0.446. The van der Waals surface area contributed by atoms with Crippen LogP contribution in [0.15, 0.2) is 42.7 Å². The van der Waals surface area contributed by atoms with Gasteiger partial charge in [0.1, 0.15) is 6.33 Å². The first-order valence-electron chi connectivity index (χ1n) is 9.09. The number of anilines is 3. The smallest absolute Gasteiger partial charge is 0.340 e. The number of carbonyl (C=O) groups excluding carboxylic acids is 1. The molecule has 0 unspecified atom stereocenters. The molecule has 0 atom stereocenters. The number of ether oxygens (including phenoxy) is 3. The topological polar surface area (TPSA) is 139 Å². The molecular formula is C20H19N7O4.